The van der Waals surface area contributed by atoms with Crippen LogP contribution >= 0.6 is 0 Å². The zero-order chi connectivity index (χ0) is 21.8. The first-order valence-electron chi connectivity index (χ1n) is 9.49. The van der Waals surface area contributed by atoms with Gasteiger partial charge in [-0.15, -0.1) is 0 Å². The molecule has 1 aliphatic heterocycles. The predicted molar refractivity (Wildman–Crippen MR) is 112 cm³/mol. The SMILES string of the molecule is COc1ccc2c(c1)OC(c1cc(OC)c(OC)c(OC)c1)C(C(=O)OC(C)C)=C2. The zero-order valence-corrected chi connectivity index (χ0v) is 18.0. The van der Waals surface area contributed by atoms with E-state index >= 15 is 0 Å². The minimum Gasteiger partial charge on any atom is -0.497 e. The zero-order valence-electron chi connectivity index (χ0n) is 18.0. The Morgan fingerprint density at radius 1 is 0.933 bits per heavy atom. The molecule has 160 valence electrons. The van der Waals surface area contributed by atoms with Crippen LogP contribution in [-0.2, 0) is 9.53 Å². The standard InChI is InChI=1S/C23H26O7/c1-13(2)29-23(24)17-9-14-7-8-16(25-3)12-18(14)30-21(17)15-10-19(26-4)22(28-6)20(11-15)27-5/h7-13,21H,1-6H3. The average molecular weight is 414 g/mol. The smallest absolute Gasteiger partial charge is 0.338 e. The summed E-state index contributed by atoms with van der Waals surface area (Å²) in [6.07, 6.45) is 0.775. The van der Waals surface area contributed by atoms with Crippen molar-refractivity contribution in [2.75, 3.05) is 28.4 Å². The van der Waals surface area contributed by atoms with E-state index in [0.717, 1.165) is 5.56 Å². The van der Waals surface area contributed by atoms with Crippen LogP contribution in [0.5, 0.6) is 28.7 Å². The van der Waals surface area contributed by atoms with E-state index in [1.807, 2.05) is 12.1 Å². The molecule has 7 nitrogen and oxygen atoms in total. The summed E-state index contributed by atoms with van der Waals surface area (Å²) >= 11 is 0. The van der Waals surface area contributed by atoms with E-state index in [1.165, 1.54) is 21.3 Å². The lowest BCUT2D eigenvalue weighted by Gasteiger charge is -2.28. The second-order valence-corrected chi connectivity index (χ2v) is 6.91. The average Bonchev–Trinajstić information content (AvgIpc) is 2.76. The molecule has 0 radical (unpaired) electrons. The van der Waals surface area contributed by atoms with Crippen LogP contribution in [0.2, 0.25) is 0 Å². The second kappa shape index (κ2) is 8.98. The molecule has 0 bridgehead atoms. The highest BCUT2D eigenvalue weighted by Gasteiger charge is 2.32. The molecule has 0 fully saturated rings. The van der Waals surface area contributed by atoms with E-state index in [2.05, 4.69) is 0 Å². The quantitative estimate of drug-likeness (QED) is 0.629. The van der Waals surface area contributed by atoms with Crippen LogP contribution < -0.4 is 23.7 Å². The van der Waals surface area contributed by atoms with Gasteiger partial charge in [0.15, 0.2) is 17.6 Å². The molecule has 0 saturated heterocycles. The van der Waals surface area contributed by atoms with Gasteiger partial charge in [0.1, 0.15) is 11.5 Å². The molecular formula is C23H26O7. The van der Waals surface area contributed by atoms with E-state index < -0.39 is 12.1 Å². The van der Waals surface area contributed by atoms with Crippen LogP contribution in [0, 0.1) is 0 Å². The lowest BCUT2D eigenvalue weighted by molar-refractivity contribution is -0.143. The van der Waals surface area contributed by atoms with Gasteiger partial charge in [-0.05, 0) is 44.2 Å². The van der Waals surface area contributed by atoms with Gasteiger partial charge >= 0.3 is 5.97 Å². The summed E-state index contributed by atoms with van der Waals surface area (Å²) in [6, 6.07) is 8.94. The fourth-order valence-electron chi connectivity index (χ4n) is 3.25. The van der Waals surface area contributed by atoms with Crippen molar-refractivity contribution in [1.29, 1.82) is 0 Å². The molecule has 0 N–H and O–H groups in total. The van der Waals surface area contributed by atoms with Gasteiger partial charge in [-0.25, -0.2) is 4.79 Å². The first kappa shape index (κ1) is 21.4. The van der Waals surface area contributed by atoms with Crippen LogP contribution in [0.3, 0.4) is 0 Å². The Kier molecular flexibility index (Phi) is 6.40. The maximum absolute atomic E-state index is 12.9. The monoisotopic (exact) mass is 414 g/mol. The van der Waals surface area contributed by atoms with Crippen molar-refractivity contribution in [3.05, 3.63) is 47.0 Å². The molecule has 7 heteroatoms. The molecule has 0 spiro atoms. The van der Waals surface area contributed by atoms with Crippen LogP contribution in [0.15, 0.2) is 35.9 Å². The largest absolute Gasteiger partial charge is 0.497 e. The maximum atomic E-state index is 12.9. The Balaban J connectivity index is 2.14. The normalized spacial score (nSPS) is 14.9. The van der Waals surface area contributed by atoms with E-state index in [1.54, 1.807) is 45.2 Å². The number of hydrogen-bond donors (Lipinski definition) is 0. The summed E-state index contributed by atoms with van der Waals surface area (Å²) < 4.78 is 33.3. The first-order valence-corrected chi connectivity index (χ1v) is 9.49. The third-order valence-corrected chi connectivity index (χ3v) is 4.63. The van der Waals surface area contributed by atoms with Crippen molar-refractivity contribution in [2.24, 2.45) is 0 Å². The molecule has 0 amide bonds. The van der Waals surface area contributed by atoms with Gasteiger partial charge in [0.25, 0.3) is 0 Å². The maximum Gasteiger partial charge on any atom is 0.338 e. The van der Waals surface area contributed by atoms with E-state index in [4.69, 9.17) is 28.4 Å². The number of esters is 1. The molecule has 30 heavy (non-hydrogen) atoms. The molecule has 0 aliphatic carbocycles. The van der Waals surface area contributed by atoms with E-state index in [-0.39, 0.29) is 6.10 Å². The van der Waals surface area contributed by atoms with Gasteiger partial charge in [-0.2, -0.15) is 0 Å². The molecule has 0 saturated carbocycles. The fraction of sp³-hybridized carbons (Fsp3) is 0.348. The topological polar surface area (TPSA) is 72.5 Å². The Morgan fingerprint density at radius 3 is 2.13 bits per heavy atom. The molecule has 1 heterocycles. The number of ether oxygens (including phenoxy) is 6. The van der Waals surface area contributed by atoms with Crippen molar-refractivity contribution in [3.63, 3.8) is 0 Å². The highest BCUT2D eigenvalue weighted by molar-refractivity contribution is 5.96. The molecular weight excluding hydrogens is 388 g/mol. The Bertz CT molecular complexity index is 937. The lowest BCUT2D eigenvalue weighted by atomic mass is 9.95. The molecule has 3 rings (SSSR count). The first-order chi connectivity index (χ1) is 14.4. The summed E-state index contributed by atoms with van der Waals surface area (Å²) in [6.45, 7) is 3.60. The van der Waals surface area contributed by atoms with Crippen LogP contribution in [0.1, 0.15) is 31.1 Å². The lowest BCUT2D eigenvalue weighted by Crippen LogP contribution is -2.24. The van der Waals surface area contributed by atoms with Gasteiger partial charge in [0, 0.05) is 17.2 Å². The van der Waals surface area contributed by atoms with Crippen molar-refractivity contribution in [3.8, 4) is 28.7 Å². The minimum atomic E-state index is -0.732. The number of rotatable bonds is 7. The number of benzene rings is 2. The number of methoxy groups -OCH3 is 4. The van der Waals surface area contributed by atoms with E-state index in [0.29, 0.717) is 39.9 Å². The second-order valence-electron chi connectivity index (χ2n) is 6.91. The van der Waals surface area contributed by atoms with E-state index in [9.17, 15) is 4.79 Å². The van der Waals surface area contributed by atoms with Crippen molar-refractivity contribution < 1.29 is 33.2 Å². The highest BCUT2D eigenvalue weighted by Crippen LogP contribution is 2.45. The van der Waals surface area contributed by atoms with Crippen molar-refractivity contribution in [2.45, 2.75) is 26.1 Å². The Hall–Kier alpha value is -3.35. The summed E-state index contributed by atoms with van der Waals surface area (Å²) in [4.78, 5) is 12.9. The fourth-order valence-corrected chi connectivity index (χ4v) is 3.25. The number of fused-ring (bicyclic) bond motifs is 1. The number of carbonyl (C=O) groups is 1. The molecule has 1 atom stereocenters. The summed E-state index contributed by atoms with van der Waals surface area (Å²) in [5.41, 5.74) is 1.79. The summed E-state index contributed by atoms with van der Waals surface area (Å²) in [5, 5.41) is 0. The van der Waals surface area contributed by atoms with Gasteiger partial charge in [-0.3, -0.25) is 0 Å². The number of carbonyl (C=O) groups excluding carboxylic acids is 1. The van der Waals surface area contributed by atoms with Crippen LogP contribution in [-0.4, -0.2) is 40.5 Å². The molecule has 0 aromatic heterocycles. The minimum absolute atomic E-state index is 0.267. The van der Waals surface area contributed by atoms with Gasteiger partial charge < -0.3 is 28.4 Å². The number of hydrogen-bond acceptors (Lipinski definition) is 7. The third kappa shape index (κ3) is 4.15. The predicted octanol–water partition coefficient (Wildman–Crippen LogP) is 4.19. The third-order valence-electron chi connectivity index (χ3n) is 4.63. The molecule has 1 aliphatic rings. The summed E-state index contributed by atoms with van der Waals surface area (Å²) in [7, 11) is 6.19. The summed E-state index contributed by atoms with van der Waals surface area (Å²) in [5.74, 6) is 2.17. The molecule has 2 aromatic carbocycles. The molecule has 1 unspecified atom stereocenters. The van der Waals surface area contributed by atoms with Gasteiger partial charge in [0.2, 0.25) is 5.75 Å². The Labute approximate surface area is 176 Å². The van der Waals surface area contributed by atoms with Crippen molar-refractivity contribution >= 4 is 12.0 Å². The van der Waals surface area contributed by atoms with Gasteiger partial charge in [-0.1, -0.05) is 0 Å². The van der Waals surface area contributed by atoms with Crippen molar-refractivity contribution in [1.82, 2.24) is 0 Å². The van der Waals surface area contributed by atoms with Gasteiger partial charge in [0.05, 0.1) is 40.1 Å². The van der Waals surface area contributed by atoms with Crippen LogP contribution in [0.4, 0.5) is 0 Å². The highest BCUT2D eigenvalue weighted by atomic mass is 16.6. The molecule has 2 aromatic rings. The van der Waals surface area contributed by atoms with Crippen LogP contribution in [0.25, 0.3) is 6.08 Å². The Morgan fingerprint density at radius 2 is 1.60 bits per heavy atom.